The zero-order valence-corrected chi connectivity index (χ0v) is 21.8. The summed E-state index contributed by atoms with van der Waals surface area (Å²) in [4.78, 5) is 21.5. The number of halogens is 4. The molecule has 0 saturated carbocycles. The van der Waals surface area contributed by atoms with E-state index in [1.807, 2.05) is 42.8 Å². The van der Waals surface area contributed by atoms with Gasteiger partial charge >= 0.3 is 6.18 Å². The van der Waals surface area contributed by atoms with Gasteiger partial charge in [-0.15, -0.1) is 0 Å². The van der Waals surface area contributed by atoms with Crippen LogP contribution in [0, 0.1) is 6.92 Å². The highest BCUT2D eigenvalue weighted by Gasteiger charge is 2.34. The minimum absolute atomic E-state index is 0.0350. The zero-order valence-electron chi connectivity index (χ0n) is 21.0. The number of aromatic nitrogens is 5. The second-order valence-corrected chi connectivity index (χ2v) is 9.26. The van der Waals surface area contributed by atoms with Crippen LogP contribution in [0.1, 0.15) is 29.4 Å². The third-order valence-electron chi connectivity index (χ3n) is 6.33. The molecule has 0 spiro atoms. The quantitative estimate of drug-likeness (QED) is 0.237. The molecule has 0 amide bonds. The van der Waals surface area contributed by atoms with E-state index in [1.54, 1.807) is 18.3 Å². The van der Waals surface area contributed by atoms with Crippen molar-refractivity contribution < 1.29 is 17.9 Å². The van der Waals surface area contributed by atoms with Crippen LogP contribution in [0.3, 0.4) is 0 Å². The van der Waals surface area contributed by atoms with Crippen molar-refractivity contribution in [1.82, 2.24) is 24.3 Å². The molecule has 5 rings (SSSR count). The van der Waals surface area contributed by atoms with E-state index < -0.39 is 17.3 Å². The lowest BCUT2D eigenvalue weighted by Crippen LogP contribution is -2.28. The number of hydrogen-bond acceptors (Lipinski definition) is 5. The van der Waals surface area contributed by atoms with Crippen LogP contribution in [0.2, 0.25) is 5.02 Å². The molecular weight excluding hydrogens is 531 g/mol. The van der Waals surface area contributed by atoms with E-state index in [1.165, 1.54) is 18.5 Å². The Morgan fingerprint density at radius 2 is 1.90 bits per heavy atom. The summed E-state index contributed by atoms with van der Waals surface area (Å²) in [5.74, 6) is 0.502. The van der Waals surface area contributed by atoms with Crippen LogP contribution in [-0.4, -0.2) is 24.3 Å². The fourth-order valence-corrected chi connectivity index (χ4v) is 4.70. The molecule has 4 heterocycles. The van der Waals surface area contributed by atoms with Gasteiger partial charge in [-0.2, -0.15) is 18.3 Å². The van der Waals surface area contributed by atoms with Crippen LogP contribution in [0.25, 0.3) is 22.2 Å². The number of pyridine rings is 3. The second-order valence-electron chi connectivity index (χ2n) is 8.86. The molecular formula is C28H23ClF3N5O2. The van der Waals surface area contributed by atoms with Crippen molar-refractivity contribution in [1.29, 1.82) is 0 Å². The largest absolute Gasteiger partial charge is 0.486 e. The highest BCUT2D eigenvalue weighted by atomic mass is 35.5. The summed E-state index contributed by atoms with van der Waals surface area (Å²) >= 11 is 6.46. The Bertz CT molecular complexity index is 1730. The summed E-state index contributed by atoms with van der Waals surface area (Å²) in [7, 11) is 0. The Kier molecular flexibility index (Phi) is 7.14. The van der Waals surface area contributed by atoms with Gasteiger partial charge in [-0.05, 0) is 50.2 Å². The highest BCUT2D eigenvalue weighted by Crippen LogP contribution is 2.34. The minimum Gasteiger partial charge on any atom is -0.486 e. The maximum Gasteiger partial charge on any atom is 0.421 e. The van der Waals surface area contributed by atoms with Crippen molar-refractivity contribution in [3.8, 4) is 17.0 Å². The number of alkyl halides is 3. The molecule has 0 aliphatic carbocycles. The standard InChI is InChI=1S/C28H23ClF3N5O2/c1-3-37-24(10-12-34-37)19-14-17(2)35-26-18(19)6-4-8-25(26)39-16-20-22(29)9-11-33-23(20)15-36-13-5-7-21(27(36)38)28(30,31)32/h4-14H,3,15-16H2,1-2H3. The number of rotatable bonds is 7. The first kappa shape index (κ1) is 26.4. The maximum atomic E-state index is 13.3. The van der Waals surface area contributed by atoms with Gasteiger partial charge in [-0.25, -0.2) is 4.98 Å². The number of benzene rings is 1. The smallest absolute Gasteiger partial charge is 0.421 e. The molecule has 0 aliphatic heterocycles. The second kappa shape index (κ2) is 10.5. The third kappa shape index (κ3) is 5.24. The first-order chi connectivity index (χ1) is 18.7. The van der Waals surface area contributed by atoms with E-state index in [9.17, 15) is 18.0 Å². The van der Waals surface area contributed by atoms with Crippen LogP contribution in [0.4, 0.5) is 13.2 Å². The fraction of sp³-hybridized carbons (Fsp3) is 0.214. The Morgan fingerprint density at radius 3 is 2.67 bits per heavy atom. The van der Waals surface area contributed by atoms with Gasteiger partial charge < -0.3 is 9.30 Å². The van der Waals surface area contributed by atoms with E-state index in [4.69, 9.17) is 21.3 Å². The van der Waals surface area contributed by atoms with Crippen LogP contribution in [-0.2, 0) is 25.9 Å². The summed E-state index contributed by atoms with van der Waals surface area (Å²) < 4.78 is 48.8. The number of fused-ring (bicyclic) bond motifs is 1. The third-order valence-corrected chi connectivity index (χ3v) is 6.68. The van der Waals surface area contributed by atoms with Crippen LogP contribution in [0.15, 0.2) is 71.9 Å². The first-order valence-corrected chi connectivity index (χ1v) is 12.5. The minimum atomic E-state index is -4.76. The van der Waals surface area contributed by atoms with Gasteiger partial charge in [0, 0.05) is 47.3 Å². The average Bonchev–Trinajstić information content (AvgIpc) is 3.37. The van der Waals surface area contributed by atoms with Crippen LogP contribution < -0.4 is 10.3 Å². The fourth-order valence-electron chi connectivity index (χ4n) is 4.48. The van der Waals surface area contributed by atoms with Gasteiger partial charge in [0.05, 0.1) is 23.0 Å². The molecule has 0 N–H and O–H groups in total. The first-order valence-electron chi connectivity index (χ1n) is 12.1. The van der Waals surface area contributed by atoms with Gasteiger partial charge in [0.1, 0.15) is 23.4 Å². The van der Waals surface area contributed by atoms with Crippen molar-refractivity contribution in [2.45, 2.75) is 39.7 Å². The topological polar surface area (TPSA) is 74.8 Å². The lowest BCUT2D eigenvalue weighted by Gasteiger charge is -2.16. The summed E-state index contributed by atoms with van der Waals surface area (Å²) in [6.45, 7) is 4.38. The number of ether oxygens (including phenoxy) is 1. The molecule has 39 heavy (non-hydrogen) atoms. The van der Waals surface area contributed by atoms with Crippen molar-refractivity contribution in [3.63, 3.8) is 0 Å². The number of nitrogens with zero attached hydrogens (tertiary/aromatic N) is 5. The van der Waals surface area contributed by atoms with Gasteiger partial charge in [-0.3, -0.25) is 14.5 Å². The lowest BCUT2D eigenvalue weighted by atomic mass is 10.0. The molecule has 4 aromatic heterocycles. The molecule has 0 radical (unpaired) electrons. The van der Waals surface area contributed by atoms with E-state index in [-0.39, 0.29) is 13.2 Å². The molecule has 0 saturated heterocycles. The summed E-state index contributed by atoms with van der Waals surface area (Å²) in [6, 6.07) is 13.0. The monoisotopic (exact) mass is 553 g/mol. The molecule has 0 aliphatic rings. The summed E-state index contributed by atoms with van der Waals surface area (Å²) in [6.07, 6.45) is -0.292. The predicted molar refractivity (Wildman–Crippen MR) is 142 cm³/mol. The lowest BCUT2D eigenvalue weighted by molar-refractivity contribution is -0.138. The van der Waals surface area contributed by atoms with Crippen LogP contribution >= 0.6 is 11.6 Å². The Hall–Kier alpha value is -4.18. The molecule has 7 nitrogen and oxygen atoms in total. The molecule has 5 aromatic rings. The molecule has 11 heteroatoms. The maximum absolute atomic E-state index is 13.3. The van der Waals surface area contributed by atoms with Crippen molar-refractivity contribution in [2.75, 3.05) is 0 Å². The summed E-state index contributed by atoms with van der Waals surface area (Å²) in [5.41, 5.74) is 1.72. The van der Waals surface area contributed by atoms with Crippen LogP contribution in [0.5, 0.6) is 5.75 Å². The Labute approximate surface area is 226 Å². The molecule has 0 atom stereocenters. The zero-order chi connectivity index (χ0) is 27.7. The Balaban J connectivity index is 1.50. The number of para-hydroxylation sites is 1. The van der Waals surface area contributed by atoms with Crippen molar-refractivity contribution >= 4 is 22.5 Å². The number of aryl methyl sites for hydroxylation is 2. The van der Waals surface area contributed by atoms with Gasteiger partial charge in [0.25, 0.3) is 5.56 Å². The van der Waals surface area contributed by atoms with E-state index >= 15 is 0 Å². The van der Waals surface area contributed by atoms with Crippen molar-refractivity contribution in [3.05, 3.63) is 105 Å². The van der Waals surface area contributed by atoms with Gasteiger partial charge in [0.15, 0.2) is 0 Å². The molecule has 1 aromatic carbocycles. The average molecular weight is 554 g/mol. The van der Waals surface area contributed by atoms with Gasteiger partial charge in [0.2, 0.25) is 0 Å². The predicted octanol–water partition coefficient (Wildman–Crippen LogP) is 6.28. The van der Waals surface area contributed by atoms with Crippen molar-refractivity contribution in [2.24, 2.45) is 0 Å². The van der Waals surface area contributed by atoms with E-state index in [0.29, 0.717) is 34.1 Å². The molecule has 0 unspecified atom stereocenters. The summed E-state index contributed by atoms with van der Waals surface area (Å²) in [5, 5.41) is 5.57. The highest BCUT2D eigenvalue weighted by molar-refractivity contribution is 6.31. The number of hydrogen-bond donors (Lipinski definition) is 0. The molecule has 0 fully saturated rings. The van der Waals surface area contributed by atoms with E-state index in [2.05, 4.69) is 10.1 Å². The van der Waals surface area contributed by atoms with E-state index in [0.717, 1.165) is 33.0 Å². The van der Waals surface area contributed by atoms with Gasteiger partial charge in [-0.1, -0.05) is 23.7 Å². The Morgan fingerprint density at radius 1 is 1.08 bits per heavy atom. The SMILES string of the molecule is CCn1nccc1-c1cc(C)nc2c(OCc3c(Cl)ccnc3Cn3cccc(C(F)(F)F)c3=O)cccc12. The molecule has 0 bridgehead atoms. The normalized spacial score (nSPS) is 11.7. The molecule has 200 valence electrons.